The lowest BCUT2D eigenvalue weighted by Gasteiger charge is -2.25. The van der Waals surface area contributed by atoms with Gasteiger partial charge in [0.25, 0.3) is 0 Å². The van der Waals surface area contributed by atoms with Crippen molar-refractivity contribution in [3.63, 3.8) is 0 Å². The van der Waals surface area contributed by atoms with Crippen molar-refractivity contribution >= 4 is 26.5 Å². The molecule has 0 saturated heterocycles. The van der Waals surface area contributed by atoms with Gasteiger partial charge in [-0.1, -0.05) is 25.1 Å². The number of aromatic amines is 2. The van der Waals surface area contributed by atoms with E-state index >= 15 is 4.39 Å². The molecular formula is C26H29FN6O3S. The van der Waals surface area contributed by atoms with Crippen molar-refractivity contribution in [2.45, 2.75) is 19.8 Å². The van der Waals surface area contributed by atoms with E-state index in [-0.39, 0.29) is 11.5 Å². The monoisotopic (exact) mass is 524 g/mol. The Balaban J connectivity index is 1.38. The van der Waals surface area contributed by atoms with Crippen molar-refractivity contribution in [2.24, 2.45) is 0 Å². The Kier molecular flexibility index (Phi) is 6.84. The van der Waals surface area contributed by atoms with Crippen molar-refractivity contribution in [3.8, 4) is 28.4 Å². The van der Waals surface area contributed by atoms with Crippen LogP contribution in [-0.4, -0.2) is 71.0 Å². The predicted molar refractivity (Wildman–Crippen MR) is 142 cm³/mol. The first-order chi connectivity index (χ1) is 17.8. The summed E-state index contributed by atoms with van der Waals surface area (Å²) >= 11 is 0. The molecule has 0 amide bonds. The molecule has 37 heavy (non-hydrogen) atoms. The molecule has 0 fully saturated rings. The van der Waals surface area contributed by atoms with E-state index < -0.39 is 15.8 Å². The van der Waals surface area contributed by atoms with Gasteiger partial charge in [-0.3, -0.25) is 10.00 Å². The molecule has 0 aliphatic carbocycles. The summed E-state index contributed by atoms with van der Waals surface area (Å²) in [5, 5.41) is 17.6. The quantitative estimate of drug-likeness (QED) is 0.279. The van der Waals surface area contributed by atoms with Gasteiger partial charge >= 0.3 is 0 Å². The third kappa shape index (κ3) is 5.02. The summed E-state index contributed by atoms with van der Waals surface area (Å²) in [4.78, 5) is 9.97. The number of hydrogen-bond acceptors (Lipinski definition) is 6. The molecule has 9 nitrogen and oxygen atoms in total. The van der Waals surface area contributed by atoms with E-state index in [0.717, 1.165) is 35.4 Å². The highest BCUT2D eigenvalue weighted by Crippen LogP contribution is 2.35. The molecule has 4 N–H and O–H groups in total. The van der Waals surface area contributed by atoms with Gasteiger partial charge in [0, 0.05) is 36.8 Å². The van der Waals surface area contributed by atoms with Gasteiger partial charge in [0.2, 0.25) is 10.0 Å². The molecule has 3 heterocycles. The summed E-state index contributed by atoms with van der Waals surface area (Å²) in [5.74, 6) is 0.354. The van der Waals surface area contributed by atoms with E-state index in [2.05, 4.69) is 30.9 Å². The SMILES string of the molecule is CCc1cc(O)ccc1-c1ccc2c(-c3nc(C4=CCN(CCS(=O)(=O)NC)CC4)c[nH]3)n[nH]c2c1F. The van der Waals surface area contributed by atoms with Gasteiger partial charge < -0.3 is 10.1 Å². The zero-order chi connectivity index (χ0) is 26.2. The van der Waals surface area contributed by atoms with Crippen LogP contribution in [0.3, 0.4) is 0 Å². The van der Waals surface area contributed by atoms with Crippen molar-refractivity contribution in [2.75, 3.05) is 32.4 Å². The Labute approximate surface area is 214 Å². The van der Waals surface area contributed by atoms with Gasteiger partial charge in [-0.15, -0.1) is 0 Å². The summed E-state index contributed by atoms with van der Waals surface area (Å²) in [6.45, 7) is 3.82. The number of aryl methyl sites for hydroxylation is 1. The number of hydrogen-bond donors (Lipinski definition) is 4. The summed E-state index contributed by atoms with van der Waals surface area (Å²) < 4.78 is 41.3. The van der Waals surface area contributed by atoms with Crippen LogP contribution < -0.4 is 4.72 Å². The molecule has 0 radical (unpaired) electrons. The number of imidazole rings is 1. The molecule has 11 heteroatoms. The summed E-state index contributed by atoms with van der Waals surface area (Å²) in [6, 6.07) is 8.51. The highest BCUT2D eigenvalue weighted by Gasteiger charge is 2.21. The van der Waals surface area contributed by atoms with Crippen molar-refractivity contribution in [1.82, 2.24) is 29.8 Å². The number of nitrogens with one attached hydrogen (secondary N) is 3. The normalized spacial score (nSPS) is 14.8. The average Bonchev–Trinajstić information content (AvgIpc) is 3.56. The van der Waals surface area contributed by atoms with E-state index in [4.69, 9.17) is 4.98 Å². The number of sulfonamides is 1. The number of rotatable bonds is 8. The first-order valence-corrected chi connectivity index (χ1v) is 13.8. The van der Waals surface area contributed by atoms with Crippen LogP contribution in [0.1, 0.15) is 24.6 Å². The smallest absolute Gasteiger partial charge is 0.212 e. The molecule has 1 aliphatic rings. The van der Waals surface area contributed by atoms with Crippen LogP contribution in [0.4, 0.5) is 4.39 Å². The minimum Gasteiger partial charge on any atom is -0.508 e. The molecule has 0 saturated carbocycles. The van der Waals surface area contributed by atoms with E-state index in [9.17, 15) is 13.5 Å². The predicted octanol–water partition coefficient (Wildman–Crippen LogP) is 3.67. The van der Waals surface area contributed by atoms with E-state index in [0.29, 0.717) is 47.5 Å². The molecule has 0 atom stereocenters. The second kappa shape index (κ2) is 10.1. The maximum absolute atomic E-state index is 15.6. The average molecular weight is 525 g/mol. The number of phenols is 1. The molecule has 5 rings (SSSR count). The van der Waals surface area contributed by atoms with Gasteiger partial charge in [0.05, 0.1) is 11.4 Å². The summed E-state index contributed by atoms with van der Waals surface area (Å²) in [6.07, 6.45) is 5.29. The fourth-order valence-corrected chi connectivity index (χ4v) is 5.39. The molecule has 0 bridgehead atoms. The van der Waals surface area contributed by atoms with Crippen LogP contribution in [0.25, 0.3) is 39.1 Å². The topological polar surface area (TPSA) is 127 Å². The molecule has 1 aliphatic heterocycles. The molecular weight excluding hydrogens is 495 g/mol. The molecule has 2 aromatic heterocycles. The van der Waals surface area contributed by atoms with Crippen molar-refractivity contribution < 1.29 is 17.9 Å². The maximum atomic E-state index is 15.6. The Hall–Kier alpha value is -3.54. The largest absolute Gasteiger partial charge is 0.508 e. The first kappa shape index (κ1) is 25.1. The van der Waals surface area contributed by atoms with Crippen molar-refractivity contribution in [3.05, 3.63) is 59.7 Å². The molecule has 0 spiro atoms. The zero-order valence-corrected chi connectivity index (χ0v) is 21.5. The maximum Gasteiger partial charge on any atom is 0.212 e. The van der Waals surface area contributed by atoms with E-state index in [1.165, 1.54) is 7.05 Å². The lowest BCUT2D eigenvalue weighted by molar-refractivity contribution is 0.319. The Morgan fingerprint density at radius 1 is 1.22 bits per heavy atom. The number of halogens is 1. The van der Waals surface area contributed by atoms with Gasteiger partial charge in [-0.05, 0) is 54.8 Å². The third-order valence-corrected chi connectivity index (χ3v) is 8.19. The zero-order valence-electron chi connectivity index (χ0n) is 20.7. The number of fused-ring (bicyclic) bond motifs is 1. The first-order valence-electron chi connectivity index (χ1n) is 12.2. The van der Waals surface area contributed by atoms with Gasteiger partial charge in [-0.2, -0.15) is 5.10 Å². The van der Waals surface area contributed by atoms with Crippen LogP contribution in [0.2, 0.25) is 0 Å². The van der Waals surface area contributed by atoms with Crippen LogP contribution in [0.5, 0.6) is 5.75 Å². The lowest BCUT2D eigenvalue weighted by Crippen LogP contribution is -2.35. The Bertz CT molecular complexity index is 1590. The highest BCUT2D eigenvalue weighted by molar-refractivity contribution is 7.89. The standard InChI is InChI=1S/C26H29FN6O3S/c1-3-16-14-18(34)4-5-19(16)20-6-7-21-24(23(20)27)31-32-25(21)26-29-15-22(30-26)17-8-10-33(11-9-17)12-13-37(35,36)28-2/h4-8,14-15,28,34H,3,9-13H2,1-2H3,(H,29,30)(H,31,32). The van der Waals surface area contributed by atoms with Crippen LogP contribution in [0, 0.1) is 5.82 Å². The summed E-state index contributed by atoms with van der Waals surface area (Å²) in [5.41, 5.74) is 4.73. The second-order valence-corrected chi connectivity index (χ2v) is 11.1. The Morgan fingerprint density at radius 3 is 2.76 bits per heavy atom. The highest BCUT2D eigenvalue weighted by atomic mass is 32.2. The second-order valence-electron chi connectivity index (χ2n) is 9.05. The molecule has 0 unspecified atom stereocenters. The molecule has 194 valence electrons. The minimum atomic E-state index is -3.23. The van der Waals surface area contributed by atoms with Crippen LogP contribution >= 0.6 is 0 Å². The van der Waals surface area contributed by atoms with Crippen LogP contribution in [-0.2, 0) is 16.4 Å². The molecule has 4 aromatic rings. The number of benzene rings is 2. The third-order valence-electron chi connectivity index (χ3n) is 6.85. The van der Waals surface area contributed by atoms with Gasteiger partial charge in [-0.25, -0.2) is 22.5 Å². The summed E-state index contributed by atoms with van der Waals surface area (Å²) in [7, 11) is -1.80. The van der Waals surface area contributed by atoms with E-state index in [1.54, 1.807) is 24.3 Å². The van der Waals surface area contributed by atoms with E-state index in [1.807, 2.05) is 19.2 Å². The molecule has 2 aromatic carbocycles. The number of H-pyrrole nitrogens is 2. The fourth-order valence-electron chi connectivity index (χ4n) is 4.68. The number of nitrogens with zero attached hydrogens (tertiary/aromatic N) is 3. The van der Waals surface area contributed by atoms with Gasteiger partial charge in [0.15, 0.2) is 11.6 Å². The number of phenolic OH excluding ortho intramolecular Hbond substituents is 1. The van der Waals surface area contributed by atoms with Crippen LogP contribution in [0.15, 0.2) is 42.6 Å². The number of aromatic hydroxyl groups is 1. The fraction of sp³-hybridized carbons (Fsp3) is 0.308. The van der Waals surface area contributed by atoms with Gasteiger partial charge in [0.1, 0.15) is 17.0 Å². The Morgan fingerprint density at radius 2 is 2.03 bits per heavy atom. The lowest BCUT2D eigenvalue weighted by atomic mass is 9.96. The minimum absolute atomic E-state index is 0.0657. The van der Waals surface area contributed by atoms with Crippen molar-refractivity contribution in [1.29, 1.82) is 0 Å². The number of aromatic nitrogens is 4.